The standard InChI is InChI=1S/C24H22FN3O3.C19H20FN3O3/c1-26-14-19(16-5-3-2-4-6-16)28-18-11-12-27(13-15-7-9-17(25)10-8-15)23(30)20(18)22(29)21(28)24(26)31;1-11-9-21(2)19(26)16-17(24)15-14(23(11)16)7-8-22(18(15)25)10-12-3-5-13(20)6-4-12/h2-10,19,29H,11-14H2,1H3;3-6,11,24H,7-10H2,1-2H3. The molecule has 6 heterocycles. The Morgan fingerprint density at radius 2 is 1.04 bits per heavy atom. The Kier molecular flexibility index (Phi) is 9.58. The summed E-state index contributed by atoms with van der Waals surface area (Å²) in [6.45, 7) is 4.57. The predicted octanol–water partition coefficient (Wildman–Crippen LogP) is 5.38. The van der Waals surface area contributed by atoms with Crippen molar-refractivity contribution < 1.29 is 38.2 Å². The van der Waals surface area contributed by atoms with E-state index in [9.17, 15) is 38.2 Å². The van der Waals surface area contributed by atoms with Gasteiger partial charge in [-0.25, -0.2) is 8.78 Å². The summed E-state index contributed by atoms with van der Waals surface area (Å²) in [5.74, 6) is -2.30. The van der Waals surface area contributed by atoms with Gasteiger partial charge >= 0.3 is 0 Å². The van der Waals surface area contributed by atoms with Gasteiger partial charge in [-0.2, -0.15) is 0 Å². The van der Waals surface area contributed by atoms with Crippen LogP contribution in [0.4, 0.5) is 8.78 Å². The molecule has 2 N–H and O–H groups in total. The molecule has 14 heteroatoms. The van der Waals surface area contributed by atoms with Crippen molar-refractivity contribution >= 4 is 23.6 Å². The van der Waals surface area contributed by atoms with E-state index in [0.717, 1.165) is 22.4 Å². The molecule has 0 fully saturated rings. The monoisotopic (exact) mass is 776 g/mol. The van der Waals surface area contributed by atoms with Gasteiger partial charge < -0.3 is 38.9 Å². The molecule has 2 aromatic heterocycles. The number of nitrogens with zero attached hydrogens (tertiary/aromatic N) is 6. The van der Waals surface area contributed by atoms with Crippen LogP contribution in [0.1, 0.15) is 88.8 Å². The highest BCUT2D eigenvalue weighted by atomic mass is 19.1. The van der Waals surface area contributed by atoms with E-state index in [1.165, 1.54) is 24.3 Å². The van der Waals surface area contributed by atoms with Gasteiger partial charge in [-0.15, -0.1) is 0 Å². The number of likely N-dealkylation sites (N-methyl/N-ethyl adjacent to an activating group) is 2. The SMILES string of the molecule is CC1CN(C)C(=O)c2c(O)c3c(n21)CCN(Cc1ccc(F)cc1)C3=O.CN1CC(c2ccccc2)n2c3c(c(O)c2C1=O)C(=O)N(Cc1ccc(F)cc1)CC3. The van der Waals surface area contributed by atoms with Crippen LogP contribution >= 0.6 is 0 Å². The average molecular weight is 777 g/mol. The summed E-state index contributed by atoms with van der Waals surface area (Å²) >= 11 is 0. The molecule has 0 bridgehead atoms. The number of rotatable bonds is 5. The molecule has 5 aromatic rings. The van der Waals surface area contributed by atoms with Gasteiger partial charge in [0.2, 0.25) is 0 Å². The molecule has 0 saturated heterocycles. The number of amides is 4. The van der Waals surface area contributed by atoms with Gasteiger partial charge in [-0.1, -0.05) is 54.6 Å². The normalized spacial score (nSPS) is 18.8. The van der Waals surface area contributed by atoms with Gasteiger partial charge in [0, 0.05) is 83.6 Å². The summed E-state index contributed by atoms with van der Waals surface area (Å²) in [6.07, 6.45) is 1.09. The topological polar surface area (TPSA) is 132 Å². The molecular weight excluding hydrogens is 735 g/mol. The molecule has 2 unspecified atom stereocenters. The number of carbonyl (C=O) groups excluding carboxylic acids is 4. The maximum atomic E-state index is 13.3. The van der Waals surface area contributed by atoms with Crippen molar-refractivity contribution in [1.29, 1.82) is 0 Å². The zero-order chi connectivity index (χ0) is 40.3. The lowest BCUT2D eigenvalue weighted by Gasteiger charge is -2.35. The quantitative estimate of drug-likeness (QED) is 0.247. The first-order valence-corrected chi connectivity index (χ1v) is 18.9. The Morgan fingerprint density at radius 1 is 0.596 bits per heavy atom. The van der Waals surface area contributed by atoms with Crippen LogP contribution in [0.25, 0.3) is 0 Å². The van der Waals surface area contributed by atoms with Crippen molar-refractivity contribution in [2.24, 2.45) is 0 Å². The van der Waals surface area contributed by atoms with Gasteiger partial charge in [0.15, 0.2) is 22.9 Å². The summed E-state index contributed by atoms with van der Waals surface area (Å²) in [6, 6.07) is 21.6. The number of carbonyl (C=O) groups is 4. The highest BCUT2D eigenvalue weighted by molar-refractivity contribution is 6.07. The lowest BCUT2D eigenvalue weighted by Crippen LogP contribution is -2.42. The van der Waals surface area contributed by atoms with E-state index in [1.54, 1.807) is 58.0 Å². The average Bonchev–Trinajstić information content (AvgIpc) is 3.68. The van der Waals surface area contributed by atoms with Crippen molar-refractivity contribution in [3.8, 4) is 11.5 Å². The molecule has 2 atom stereocenters. The Balaban J connectivity index is 0.000000162. The van der Waals surface area contributed by atoms with Gasteiger partial charge in [0.1, 0.15) is 22.8 Å². The summed E-state index contributed by atoms with van der Waals surface area (Å²) in [4.78, 5) is 58.1. The van der Waals surface area contributed by atoms with Crippen LogP contribution in [0.2, 0.25) is 0 Å². The van der Waals surface area contributed by atoms with Crippen LogP contribution in [-0.2, 0) is 25.9 Å². The third-order valence-corrected chi connectivity index (χ3v) is 11.4. The largest absolute Gasteiger partial charge is 0.505 e. The Labute approximate surface area is 327 Å². The van der Waals surface area contributed by atoms with E-state index in [4.69, 9.17) is 0 Å². The third-order valence-electron chi connectivity index (χ3n) is 11.4. The fourth-order valence-electron chi connectivity index (χ4n) is 8.63. The second-order valence-electron chi connectivity index (χ2n) is 15.1. The minimum Gasteiger partial charge on any atom is -0.505 e. The molecule has 0 radical (unpaired) electrons. The highest BCUT2D eigenvalue weighted by Gasteiger charge is 2.43. The molecule has 0 spiro atoms. The lowest BCUT2D eigenvalue weighted by atomic mass is 10.0. The number of halogens is 2. The molecule has 0 saturated carbocycles. The van der Waals surface area contributed by atoms with Gasteiger partial charge in [0.05, 0.1) is 6.04 Å². The van der Waals surface area contributed by atoms with E-state index >= 15 is 0 Å². The van der Waals surface area contributed by atoms with E-state index in [2.05, 4.69) is 0 Å². The van der Waals surface area contributed by atoms with Crippen molar-refractivity contribution in [3.63, 3.8) is 0 Å². The molecule has 9 rings (SSSR count). The molecule has 0 aliphatic carbocycles. The van der Waals surface area contributed by atoms with Crippen LogP contribution in [0.5, 0.6) is 11.5 Å². The van der Waals surface area contributed by atoms with E-state index < -0.39 is 0 Å². The van der Waals surface area contributed by atoms with Gasteiger partial charge in [0.25, 0.3) is 23.6 Å². The molecule has 4 aliphatic rings. The van der Waals surface area contributed by atoms with Gasteiger partial charge in [-0.3, -0.25) is 19.2 Å². The molecule has 3 aromatic carbocycles. The zero-order valence-corrected chi connectivity index (χ0v) is 31.8. The minimum absolute atomic E-state index is 0.00111. The van der Waals surface area contributed by atoms with E-state index in [1.807, 2.05) is 46.4 Å². The smallest absolute Gasteiger partial charge is 0.274 e. The summed E-state index contributed by atoms with van der Waals surface area (Å²) in [5.41, 5.74) is 4.86. The van der Waals surface area contributed by atoms with Crippen LogP contribution in [0.3, 0.4) is 0 Å². The summed E-state index contributed by atoms with van der Waals surface area (Å²) in [5, 5.41) is 21.7. The van der Waals surface area contributed by atoms with Crippen LogP contribution in [-0.4, -0.2) is 103 Å². The first-order valence-electron chi connectivity index (χ1n) is 18.9. The van der Waals surface area contributed by atoms with Crippen molar-refractivity contribution in [1.82, 2.24) is 28.7 Å². The van der Waals surface area contributed by atoms with Crippen molar-refractivity contribution in [3.05, 3.63) is 141 Å². The molecule has 4 amide bonds. The number of hydrogen-bond donors (Lipinski definition) is 2. The number of benzene rings is 3. The van der Waals surface area contributed by atoms with Crippen LogP contribution in [0, 0.1) is 11.6 Å². The van der Waals surface area contributed by atoms with Crippen molar-refractivity contribution in [2.75, 3.05) is 40.3 Å². The van der Waals surface area contributed by atoms with Crippen LogP contribution < -0.4 is 0 Å². The van der Waals surface area contributed by atoms with Crippen molar-refractivity contribution in [2.45, 2.75) is 44.9 Å². The van der Waals surface area contributed by atoms with Gasteiger partial charge in [-0.05, 0) is 47.9 Å². The fraction of sp³-hybridized carbons (Fsp3) is 0.302. The third kappa shape index (κ3) is 6.48. The number of aromatic hydroxyl groups is 2. The maximum Gasteiger partial charge on any atom is 0.274 e. The number of hydrogen-bond acceptors (Lipinski definition) is 6. The van der Waals surface area contributed by atoms with E-state index in [0.29, 0.717) is 57.8 Å². The second-order valence-corrected chi connectivity index (χ2v) is 15.1. The van der Waals surface area contributed by atoms with Crippen LogP contribution in [0.15, 0.2) is 78.9 Å². The number of aromatic nitrogens is 2. The maximum absolute atomic E-state index is 13.3. The first kappa shape index (κ1) is 37.5. The second kappa shape index (κ2) is 14.6. The molecule has 12 nitrogen and oxygen atoms in total. The minimum atomic E-state index is -0.330. The highest BCUT2D eigenvalue weighted by Crippen LogP contribution is 2.42. The lowest BCUT2D eigenvalue weighted by molar-refractivity contribution is 0.0704. The van der Waals surface area contributed by atoms with E-state index in [-0.39, 0.29) is 81.4 Å². The number of fused-ring (bicyclic) bond motifs is 6. The zero-order valence-electron chi connectivity index (χ0n) is 31.8. The Bertz CT molecular complexity index is 2410. The Hall–Kier alpha value is -6.44. The molecule has 294 valence electrons. The molecule has 4 aliphatic heterocycles. The summed E-state index contributed by atoms with van der Waals surface area (Å²) < 4.78 is 30.0. The first-order chi connectivity index (χ1) is 27.3. The molecular formula is C43H42F2N6O6. The fourth-order valence-corrected chi connectivity index (χ4v) is 8.63. The predicted molar refractivity (Wildman–Crippen MR) is 205 cm³/mol. The molecule has 57 heavy (non-hydrogen) atoms. The summed E-state index contributed by atoms with van der Waals surface area (Å²) in [7, 11) is 3.40. The Morgan fingerprint density at radius 3 is 1.53 bits per heavy atom.